The van der Waals surface area contributed by atoms with Gasteiger partial charge in [0, 0.05) is 4.47 Å². The predicted octanol–water partition coefficient (Wildman–Crippen LogP) is 4.33. The molecule has 116 valence electrons. The third kappa shape index (κ3) is 2.74. The van der Waals surface area contributed by atoms with E-state index in [-0.39, 0.29) is 17.9 Å². The molecule has 0 spiro atoms. The van der Waals surface area contributed by atoms with E-state index in [1.165, 1.54) is 17.7 Å². The molecule has 0 fully saturated rings. The molecule has 1 N–H and O–H groups in total. The van der Waals surface area contributed by atoms with Gasteiger partial charge in [0.1, 0.15) is 12.1 Å². The number of anilines is 1. The first-order chi connectivity index (χ1) is 11.2. The fourth-order valence-electron chi connectivity index (χ4n) is 3.02. The summed E-state index contributed by atoms with van der Waals surface area (Å²) in [6, 6.07) is 15.0. The molecule has 0 bridgehead atoms. The molecule has 0 saturated heterocycles. The van der Waals surface area contributed by atoms with E-state index in [0.717, 1.165) is 22.4 Å². The normalized spacial score (nSPS) is 19.9. The molecule has 23 heavy (non-hydrogen) atoms. The zero-order chi connectivity index (χ0) is 15.8. The number of hydrogen-bond acceptors (Lipinski definition) is 3. The molecule has 2 heterocycles. The van der Waals surface area contributed by atoms with E-state index in [4.69, 9.17) is 0 Å². The zero-order valence-corrected chi connectivity index (χ0v) is 13.7. The van der Waals surface area contributed by atoms with E-state index in [9.17, 15) is 4.39 Å². The van der Waals surface area contributed by atoms with Crippen molar-refractivity contribution in [3.05, 3.63) is 76.3 Å². The Hall–Kier alpha value is -2.21. The summed E-state index contributed by atoms with van der Waals surface area (Å²) in [6.45, 7) is 0. The van der Waals surface area contributed by atoms with Gasteiger partial charge in [-0.2, -0.15) is 10.1 Å². The molecule has 2 aromatic carbocycles. The monoisotopic (exact) mass is 372 g/mol. The zero-order valence-electron chi connectivity index (χ0n) is 12.2. The van der Waals surface area contributed by atoms with Crippen LogP contribution in [0.15, 0.2) is 59.3 Å². The van der Waals surface area contributed by atoms with Crippen LogP contribution < -0.4 is 5.32 Å². The Kier molecular flexibility index (Phi) is 3.61. The van der Waals surface area contributed by atoms with Crippen molar-refractivity contribution in [2.75, 3.05) is 5.32 Å². The average molecular weight is 373 g/mol. The van der Waals surface area contributed by atoms with E-state index >= 15 is 0 Å². The molecular formula is C17H14BrFN4. The maximum absolute atomic E-state index is 13.2. The Balaban J connectivity index is 1.73. The van der Waals surface area contributed by atoms with Crippen molar-refractivity contribution >= 4 is 21.9 Å². The molecule has 0 unspecified atom stereocenters. The highest BCUT2D eigenvalue weighted by atomic mass is 79.9. The molecule has 0 aliphatic carbocycles. The predicted molar refractivity (Wildman–Crippen MR) is 89.7 cm³/mol. The van der Waals surface area contributed by atoms with Gasteiger partial charge >= 0.3 is 0 Å². The lowest BCUT2D eigenvalue weighted by molar-refractivity contribution is 0.430. The van der Waals surface area contributed by atoms with Crippen LogP contribution >= 0.6 is 15.9 Å². The first kappa shape index (κ1) is 14.4. The van der Waals surface area contributed by atoms with E-state index in [2.05, 4.69) is 43.5 Å². The molecule has 0 amide bonds. The SMILES string of the molecule is Fc1ccc([C@H]2C[C@H](c3cccc(Br)c3)n3ncnc3N2)cc1. The van der Waals surface area contributed by atoms with E-state index < -0.39 is 0 Å². The van der Waals surface area contributed by atoms with Crippen LogP contribution in [-0.2, 0) is 0 Å². The maximum Gasteiger partial charge on any atom is 0.222 e. The fourth-order valence-corrected chi connectivity index (χ4v) is 3.44. The van der Waals surface area contributed by atoms with Crippen molar-refractivity contribution in [3.63, 3.8) is 0 Å². The molecule has 1 aliphatic rings. The number of fused-ring (bicyclic) bond motifs is 1. The second-order valence-electron chi connectivity index (χ2n) is 5.58. The molecule has 3 aromatic rings. The average Bonchev–Trinajstić information content (AvgIpc) is 3.03. The summed E-state index contributed by atoms with van der Waals surface area (Å²) < 4.78 is 16.1. The maximum atomic E-state index is 13.2. The highest BCUT2D eigenvalue weighted by Gasteiger charge is 2.29. The molecule has 0 radical (unpaired) electrons. The van der Waals surface area contributed by atoms with Crippen molar-refractivity contribution < 1.29 is 4.39 Å². The second kappa shape index (κ2) is 5.77. The molecular weight excluding hydrogens is 359 g/mol. The highest BCUT2D eigenvalue weighted by molar-refractivity contribution is 9.10. The van der Waals surface area contributed by atoms with Gasteiger partial charge in [-0.3, -0.25) is 0 Å². The number of aromatic nitrogens is 3. The van der Waals surface area contributed by atoms with Gasteiger partial charge in [-0.15, -0.1) is 0 Å². The Morgan fingerprint density at radius 3 is 2.74 bits per heavy atom. The molecule has 6 heteroatoms. The number of rotatable bonds is 2. The van der Waals surface area contributed by atoms with Gasteiger partial charge in [0.15, 0.2) is 0 Å². The Labute approximate surface area is 141 Å². The summed E-state index contributed by atoms with van der Waals surface area (Å²) >= 11 is 3.52. The van der Waals surface area contributed by atoms with Gasteiger partial charge in [-0.05, 0) is 41.8 Å². The fraction of sp³-hybridized carbons (Fsp3) is 0.176. The molecule has 1 aliphatic heterocycles. The van der Waals surface area contributed by atoms with Crippen LogP contribution in [0.1, 0.15) is 29.6 Å². The first-order valence-electron chi connectivity index (χ1n) is 7.38. The van der Waals surface area contributed by atoms with Crippen molar-refractivity contribution in [2.45, 2.75) is 18.5 Å². The van der Waals surface area contributed by atoms with Crippen LogP contribution in [0.2, 0.25) is 0 Å². The van der Waals surface area contributed by atoms with E-state index in [1.807, 2.05) is 28.9 Å². The smallest absolute Gasteiger partial charge is 0.222 e. The summed E-state index contributed by atoms with van der Waals surface area (Å²) in [6.07, 6.45) is 2.37. The number of nitrogens with zero attached hydrogens (tertiary/aromatic N) is 3. The minimum absolute atomic E-state index is 0.0660. The van der Waals surface area contributed by atoms with Crippen LogP contribution in [0, 0.1) is 5.82 Å². The summed E-state index contributed by atoms with van der Waals surface area (Å²) in [4.78, 5) is 4.30. The number of nitrogens with one attached hydrogen (secondary N) is 1. The lowest BCUT2D eigenvalue weighted by atomic mass is 9.93. The standard InChI is InChI=1S/C17H14BrFN4/c18-13-3-1-2-12(8-13)16-9-15(11-4-6-14(19)7-5-11)22-17-20-10-21-23(16)17/h1-8,10,15-16H,9H2,(H,20,21,22)/t15-,16-/m1/s1. The van der Waals surface area contributed by atoms with Crippen LogP contribution in [0.5, 0.6) is 0 Å². The third-order valence-electron chi connectivity index (χ3n) is 4.14. The van der Waals surface area contributed by atoms with Gasteiger partial charge < -0.3 is 5.32 Å². The summed E-state index contributed by atoms with van der Waals surface area (Å²) in [5.74, 6) is 0.506. The van der Waals surface area contributed by atoms with Crippen LogP contribution in [0.4, 0.5) is 10.3 Å². The minimum Gasteiger partial charge on any atom is -0.348 e. The lowest BCUT2D eigenvalue weighted by Crippen LogP contribution is -2.28. The Bertz CT molecular complexity index is 831. The Morgan fingerprint density at radius 2 is 1.96 bits per heavy atom. The third-order valence-corrected chi connectivity index (χ3v) is 4.63. The lowest BCUT2D eigenvalue weighted by Gasteiger charge is -2.31. The van der Waals surface area contributed by atoms with Gasteiger partial charge in [0.2, 0.25) is 5.95 Å². The molecule has 4 nitrogen and oxygen atoms in total. The van der Waals surface area contributed by atoms with Crippen molar-refractivity contribution in [1.29, 1.82) is 0 Å². The Morgan fingerprint density at radius 1 is 1.13 bits per heavy atom. The van der Waals surface area contributed by atoms with Crippen molar-refractivity contribution in [3.8, 4) is 0 Å². The molecule has 1 aromatic heterocycles. The number of halogens is 2. The van der Waals surface area contributed by atoms with Gasteiger partial charge in [0.25, 0.3) is 0 Å². The summed E-state index contributed by atoms with van der Waals surface area (Å²) in [5.41, 5.74) is 2.21. The molecule has 4 rings (SSSR count). The quantitative estimate of drug-likeness (QED) is 0.727. The topological polar surface area (TPSA) is 42.7 Å². The summed E-state index contributed by atoms with van der Waals surface area (Å²) in [7, 11) is 0. The molecule has 2 atom stereocenters. The minimum atomic E-state index is -0.226. The number of hydrogen-bond donors (Lipinski definition) is 1. The van der Waals surface area contributed by atoms with Crippen molar-refractivity contribution in [2.24, 2.45) is 0 Å². The van der Waals surface area contributed by atoms with Crippen molar-refractivity contribution in [1.82, 2.24) is 14.8 Å². The number of benzene rings is 2. The van der Waals surface area contributed by atoms with Gasteiger partial charge in [-0.25, -0.2) is 9.07 Å². The van der Waals surface area contributed by atoms with E-state index in [0.29, 0.717) is 0 Å². The molecule has 0 saturated carbocycles. The second-order valence-corrected chi connectivity index (χ2v) is 6.50. The van der Waals surface area contributed by atoms with Crippen LogP contribution in [0.3, 0.4) is 0 Å². The van der Waals surface area contributed by atoms with Gasteiger partial charge in [0.05, 0.1) is 12.1 Å². The highest BCUT2D eigenvalue weighted by Crippen LogP contribution is 2.37. The van der Waals surface area contributed by atoms with Crippen LogP contribution in [0.25, 0.3) is 0 Å². The largest absolute Gasteiger partial charge is 0.348 e. The summed E-state index contributed by atoms with van der Waals surface area (Å²) in [5, 5.41) is 7.74. The van der Waals surface area contributed by atoms with Crippen LogP contribution in [-0.4, -0.2) is 14.8 Å². The first-order valence-corrected chi connectivity index (χ1v) is 8.17. The van der Waals surface area contributed by atoms with E-state index in [1.54, 1.807) is 6.33 Å². The van der Waals surface area contributed by atoms with Gasteiger partial charge in [-0.1, -0.05) is 40.2 Å².